The van der Waals surface area contributed by atoms with Gasteiger partial charge in [-0.3, -0.25) is 4.79 Å². The minimum atomic E-state index is -3.50. The van der Waals surface area contributed by atoms with Crippen LogP contribution in [0.4, 0.5) is 0 Å². The molecule has 0 atom stereocenters. The molecule has 134 valence electrons. The Bertz CT molecular complexity index is 861. The number of rotatable bonds is 6. The minimum Gasteiger partial charge on any atom is -0.491 e. The zero-order valence-electron chi connectivity index (χ0n) is 14.2. The lowest BCUT2D eigenvalue weighted by atomic mass is 10.2. The molecular weight excluding hydrogens is 362 g/mol. The van der Waals surface area contributed by atoms with Crippen molar-refractivity contribution in [1.29, 1.82) is 0 Å². The Balaban J connectivity index is 2.05. The summed E-state index contributed by atoms with van der Waals surface area (Å²) in [5.41, 5.74) is 1.14. The van der Waals surface area contributed by atoms with E-state index in [9.17, 15) is 13.2 Å². The van der Waals surface area contributed by atoms with Crippen LogP contribution in [0.1, 0.15) is 29.8 Å². The van der Waals surface area contributed by atoms with Gasteiger partial charge in [0.15, 0.2) is 9.84 Å². The molecule has 2 rings (SSSR count). The van der Waals surface area contributed by atoms with Crippen LogP contribution in [0.25, 0.3) is 0 Å². The SMILES string of the molecule is CC(C)Oc1ccc(CNC(=O)c2ccc(Cl)c(S(C)(=O)=O)c2)cc1. The molecule has 0 saturated carbocycles. The lowest BCUT2D eigenvalue weighted by Gasteiger charge is -2.11. The Hall–Kier alpha value is -2.05. The van der Waals surface area contributed by atoms with Crippen LogP contribution in [0.5, 0.6) is 5.75 Å². The molecular formula is C18H20ClNO4S. The van der Waals surface area contributed by atoms with Gasteiger partial charge in [-0.1, -0.05) is 23.7 Å². The van der Waals surface area contributed by atoms with Crippen LogP contribution < -0.4 is 10.1 Å². The van der Waals surface area contributed by atoms with Crippen molar-refractivity contribution in [3.63, 3.8) is 0 Å². The van der Waals surface area contributed by atoms with Gasteiger partial charge in [0, 0.05) is 18.4 Å². The van der Waals surface area contributed by atoms with Crippen LogP contribution >= 0.6 is 11.6 Å². The lowest BCUT2D eigenvalue weighted by Crippen LogP contribution is -2.23. The second kappa shape index (κ2) is 7.89. The van der Waals surface area contributed by atoms with Crippen molar-refractivity contribution in [2.24, 2.45) is 0 Å². The van der Waals surface area contributed by atoms with Gasteiger partial charge < -0.3 is 10.1 Å². The molecule has 0 spiro atoms. The molecule has 1 amide bonds. The summed E-state index contributed by atoms with van der Waals surface area (Å²) >= 11 is 5.89. The first kappa shape index (κ1) is 19.3. The number of hydrogen-bond acceptors (Lipinski definition) is 4. The van der Waals surface area contributed by atoms with Crippen LogP contribution in [0.3, 0.4) is 0 Å². The summed E-state index contributed by atoms with van der Waals surface area (Å²) in [6, 6.07) is 11.6. The fourth-order valence-electron chi connectivity index (χ4n) is 2.17. The second-order valence-corrected chi connectivity index (χ2v) is 8.30. The van der Waals surface area contributed by atoms with E-state index in [4.69, 9.17) is 16.3 Å². The maximum atomic E-state index is 12.2. The highest BCUT2D eigenvalue weighted by atomic mass is 35.5. The van der Waals surface area contributed by atoms with Crippen LogP contribution in [-0.2, 0) is 16.4 Å². The van der Waals surface area contributed by atoms with Gasteiger partial charge in [-0.05, 0) is 49.7 Å². The van der Waals surface area contributed by atoms with Crippen LogP contribution in [-0.4, -0.2) is 26.7 Å². The van der Waals surface area contributed by atoms with Gasteiger partial charge in [0.05, 0.1) is 16.0 Å². The highest BCUT2D eigenvalue weighted by molar-refractivity contribution is 7.90. The van der Waals surface area contributed by atoms with E-state index in [-0.39, 0.29) is 27.5 Å². The molecule has 1 N–H and O–H groups in total. The first-order chi connectivity index (χ1) is 11.7. The average molecular weight is 382 g/mol. The Morgan fingerprint density at radius 1 is 1.16 bits per heavy atom. The Morgan fingerprint density at radius 2 is 1.80 bits per heavy atom. The van der Waals surface area contributed by atoms with E-state index in [0.29, 0.717) is 6.54 Å². The number of carbonyl (C=O) groups excluding carboxylic acids is 1. The Labute approximate surface area is 152 Å². The zero-order valence-corrected chi connectivity index (χ0v) is 15.8. The number of amides is 1. The van der Waals surface area contributed by atoms with Crippen molar-refractivity contribution in [3.8, 4) is 5.75 Å². The summed E-state index contributed by atoms with van der Waals surface area (Å²) in [4.78, 5) is 12.2. The van der Waals surface area contributed by atoms with E-state index >= 15 is 0 Å². The van der Waals surface area contributed by atoms with E-state index < -0.39 is 9.84 Å². The van der Waals surface area contributed by atoms with E-state index in [1.165, 1.54) is 18.2 Å². The molecule has 7 heteroatoms. The van der Waals surface area contributed by atoms with Gasteiger partial charge in [-0.25, -0.2) is 8.42 Å². The van der Waals surface area contributed by atoms with Crippen LogP contribution in [0, 0.1) is 0 Å². The van der Waals surface area contributed by atoms with Crippen molar-refractivity contribution >= 4 is 27.3 Å². The quantitative estimate of drug-likeness (QED) is 0.831. The molecule has 0 saturated heterocycles. The van der Waals surface area contributed by atoms with Gasteiger partial charge >= 0.3 is 0 Å². The molecule has 0 bridgehead atoms. The number of sulfone groups is 1. The van der Waals surface area contributed by atoms with Gasteiger partial charge in [0.2, 0.25) is 0 Å². The van der Waals surface area contributed by atoms with Crippen molar-refractivity contribution < 1.29 is 17.9 Å². The summed E-state index contributed by atoms with van der Waals surface area (Å²) in [6.07, 6.45) is 1.15. The van der Waals surface area contributed by atoms with E-state index in [1.807, 2.05) is 38.1 Å². The fourth-order valence-corrected chi connectivity index (χ4v) is 3.47. The van der Waals surface area contributed by atoms with Crippen molar-refractivity contribution in [2.75, 3.05) is 6.26 Å². The van der Waals surface area contributed by atoms with Crippen LogP contribution in [0.2, 0.25) is 5.02 Å². The number of carbonyl (C=O) groups is 1. The van der Waals surface area contributed by atoms with Crippen molar-refractivity contribution in [1.82, 2.24) is 5.32 Å². The molecule has 0 aliphatic carbocycles. The normalized spacial score (nSPS) is 11.4. The zero-order chi connectivity index (χ0) is 18.6. The number of halogens is 1. The van der Waals surface area contributed by atoms with Gasteiger partial charge in [-0.2, -0.15) is 0 Å². The highest BCUT2D eigenvalue weighted by Crippen LogP contribution is 2.22. The first-order valence-electron chi connectivity index (χ1n) is 7.70. The number of hydrogen-bond donors (Lipinski definition) is 1. The fraction of sp³-hybridized carbons (Fsp3) is 0.278. The molecule has 0 radical (unpaired) electrons. The molecule has 0 aliphatic heterocycles. The van der Waals surface area contributed by atoms with E-state index in [1.54, 1.807) is 0 Å². The maximum Gasteiger partial charge on any atom is 0.251 e. The largest absolute Gasteiger partial charge is 0.491 e. The standard InChI is InChI=1S/C18H20ClNO4S/c1-12(2)24-15-7-4-13(5-8-15)11-20-18(21)14-6-9-16(19)17(10-14)25(3,22)23/h4-10,12H,11H2,1-3H3,(H,20,21). The summed E-state index contributed by atoms with van der Waals surface area (Å²) in [5, 5.41) is 2.85. The predicted molar refractivity (Wildman–Crippen MR) is 97.9 cm³/mol. The molecule has 2 aromatic carbocycles. The summed E-state index contributed by atoms with van der Waals surface area (Å²) in [6.45, 7) is 4.22. The third-order valence-corrected chi connectivity index (χ3v) is 4.92. The Morgan fingerprint density at radius 3 is 2.36 bits per heavy atom. The minimum absolute atomic E-state index is 0.0583. The molecule has 5 nitrogen and oxygen atoms in total. The predicted octanol–water partition coefficient (Wildman–Crippen LogP) is 3.46. The van der Waals surface area contributed by atoms with Gasteiger partial charge in [-0.15, -0.1) is 0 Å². The van der Waals surface area contributed by atoms with E-state index in [0.717, 1.165) is 17.6 Å². The van der Waals surface area contributed by atoms with Crippen LogP contribution in [0.15, 0.2) is 47.4 Å². The molecule has 0 aromatic heterocycles. The average Bonchev–Trinajstić information content (AvgIpc) is 2.52. The molecule has 2 aromatic rings. The van der Waals surface area contributed by atoms with Gasteiger partial charge in [0.25, 0.3) is 5.91 Å². The third-order valence-electron chi connectivity index (χ3n) is 3.34. The molecule has 0 unspecified atom stereocenters. The molecule has 0 heterocycles. The van der Waals surface area contributed by atoms with Crippen molar-refractivity contribution in [3.05, 3.63) is 58.6 Å². The lowest BCUT2D eigenvalue weighted by molar-refractivity contribution is 0.0950. The topological polar surface area (TPSA) is 72.5 Å². The number of nitrogens with one attached hydrogen (secondary N) is 1. The summed E-state index contributed by atoms with van der Waals surface area (Å²) in [7, 11) is -3.50. The smallest absolute Gasteiger partial charge is 0.251 e. The second-order valence-electron chi connectivity index (χ2n) is 5.91. The maximum absolute atomic E-state index is 12.2. The molecule has 0 aliphatic rings. The third kappa shape index (κ3) is 5.47. The van der Waals surface area contributed by atoms with Crippen molar-refractivity contribution in [2.45, 2.75) is 31.4 Å². The molecule has 25 heavy (non-hydrogen) atoms. The number of benzene rings is 2. The van der Waals surface area contributed by atoms with E-state index in [2.05, 4.69) is 5.32 Å². The number of ether oxygens (including phenoxy) is 1. The van der Waals surface area contributed by atoms with Gasteiger partial charge in [0.1, 0.15) is 5.75 Å². The molecule has 0 fully saturated rings. The monoisotopic (exact) mass is 381 g/mol. The Kier molecular flexibility index (Phi) is 6.08. The summed E-state index contributed by atoms with van der Waals surface area (Å²) < 4.78 is 28.9. The first-order valence-corrected chi connectivity index (χ1v) is 9.97. The summed E-state index contributed by atoms with van der Waals surface area (Å²) in [5.74, 6) is 0.393. The highest BCUT2D eigenvalue weighted by Gasteiger charge is 2.15.